The summed E-state index contributed by atoms with van der Waals surface area (Å²) in [6.45, 7) is -0.596. The molecule has 0 radical (unpaired) electrons. The second-order valence-electron chi connectivity index (χ2n) is 2.72. The van der Waals surface area contributed by atoms with Crippen molar-refractivity contribution in [2.24, 2.45) is 0 Å². The molecule has 1 aliphatic heterocycles. The first kappa shape index (κ1) is 9.85. The Labute approximate surface area is 68.6 Å². The van der Waals surface area contributed by atoms with E-state index in [9.17, 15) is 0 Å². The van der Waals surface area contributed by atoms with Crippen LogP contribution in [0.5, 0.6) is 0 Å². The predicted octanol–water partition coefficient (Wildman–Crippen LogP) is -3.22. The largest absolute Gasteiger partial charge is 0.394 e. The molecule has 1 saturated heterocycles. The minimum Gasteiger partial charge on any atom is -0.394 e. The van der Waals surface area contributed by atoms with Gasteiger partial charge in [-0.2, -0.15) is 0 Å². The van der Waals surface area contributed by atoms with Gasteiger partial charge in [0.25, 0.3) is 0 Å². The van der Waals surface area contributed by atoms with Crippen LogP contribution in [0.4, 0.5) is 0 Å². The summed E-state index contributed by atoms with van der Waals surface area (Å²) in [6.07, 6.45) is -6.75. The van der Waals surface area contributed by atoms with Gasteiger partial charge in [0.2, 0.25) is 0 Å². The summed E-state index contributed by atoms with van der Waals surface area (Å²) in [5.74, 6) is 0. The number of aliphatic hydroxyl groups is 5. The topological polar surface area (TPSA) is 110 Å². The molecule has 12 heavy (non-hydrogen) atoms. The maximum atomic E-state index is 9.12. The van der Waals surface area contributed by atoms with Gasteiger partial charge in [-0.1, -0.05) is 0 Å². The zero-order valence-corrected chi connectivity index (χ0v) is 6.24. The summed E-state index contributed by atoms with van der Waals surface area (Å²) in [5, 5.41) is 44.4. The molecule has 0 aliphatic carbocycles. The molecule has 1 fully saturated rings. The first-order valence-corrected chi connectivity index (χ1v) is 3.56. The summed E-state index contributed by atoms with van der Waals surface area (Å²) in [7, 11) is 0. The third-order valence-corrected chi connectivity index (χ3v) is 1.84. The molecule has 6 heteroatoms. The van der Waals surface area contributed by atoms with Crippen molar-refractivity contribution in [1.82, 2.24) is 0 Å². The zero-order valence-electron chi connectivity index (χ0n) is 6.24. The van der Waals surface area contributed by atoms with E-state index in [1.54, 1.807) is 0 Å². The van der Waals surface area contributed by atoms with Crippen molar-refractivity contribution >= 4 is 0 Å². The van der Waals surface area contributed by atoms with E-state index < -0.39 is 37.3 Å². The summed E-state index contributed by atoms with van der Waals surface area (Å²) in [5.41, 5.74) is 0. The van der Waals surface area contributed by atoms with Crippen molar-refractivity contribution in [3.63, 3.8) is 0 Å². The molecule has 0 saturated carbocycles. The highest BCUT2D eigenvalue weighted by Crippen LogP contribution is 2.21. The molecule has 1 aliphatic rings. The molecule has 5 atom stereocenters. The molecule has 6 nitrogen and oxygen atoms in total. The average Bonchev–Trinajstić information content (AvgIpc) is 2.32. The van der Waals surface area contributed by atoms with Crippen LogP contribution in [0, 0.1) is 0 Å². The Bertz CT molecular complexity index is 151. The number of hydrogen-bond acceptors (Lipinski definition) is 6. The molecule has 0 bridgehead atoms. The fraction of sp³-hybridized carbons (Fsp3) is 1.00. The number of ether oxygens (including phenoxy) is 1. The Morgan fingerprint density at radius 2 is 1.75 bits per heavy atom. The highest BCUT2D eigenvalue weighted by Gasteiger charge is 2.44. The van der Waals surface area contributed by atoms with E-state index in [4.69, 9.17) is 25.5 Å². The van der Waals surface area contributed by atoms with Gasteiger partial charge in [0.1, 0.15) is 24.4 Å². The summed E-state index contributed by atoms with van der Waals surface area (Å²) >= 11 is 0. The van der Waals surface area contributed by atoms with Crippen molar-refractivity contribution in [3.8, 4) is 0 Å². The monoisotopic (exact) mass is 180 g/mol. The smallest absolute Gasteiger partial charge is 0.184 e. The van der Waals surface area contributed by atoms with Gasteiger partial charge in [-0.25, -0.2) is 0 Å². The van der Waals surface area contributed by atoms with Gasteiger partial charge in [0, 0.05) is 0 Å². The molecule has 1 heterocycles. The SMILES string of the molecule is OCC(O)[C@@H]1O[C@H](O)[C@@H](O)[C@H]1O. The molecular formula is C6H12O6. The van der Waals surface area contributed by atoms with Crippen LogP contribution in [0.1, 0.15) is 0 Å². The van der Waals surface area contributed by atoms with Gasteiger partial charge in [0.05, 0.1) is 6.61 Å². The van der Waals surface area contributed by atoms with Crippen molar-refractivity contribution in [1.29, 1.82) is 0 Å². The van der Waals surface area contributed by atoms with Crippen LogP contribution in [-0.4, -0.2) is 62.8 Å². The molecule has 1 rings (SSSR count). The molecule has 72 valence electrons. The standard InChI is InChI=1S/C6H12O6/c7-1-2(8)5-3(9)4(10)6(11)12-5/h2-11H,1H2/t2?,3-,4+,5+,6+/m1/s1. The summed E-state index contributed by atoms with van der Waals surface area (Å²) in [4.78, 5) is 0. The second-order valence-corrected chi connectivity index (χ2v) is 2.72. The second kappa shape index (κ2) is 3.65. The van der Waals surface area contributed by atoms with Gasteiger partial charge < -0.3 is 30.3 Å². The van der Waals surface area contributed by atoms with Crippen LogP contribution in [0.25, 0.3) is 0 Å². The fourth-order valence-corrected chi connectivity index (χ4v) is 1.11. The lowest BCUT2D eigenvalue weighted by molar-refractivity contribution is -0.150. The van der Waals surface area contributed by atoms with Gasteiger partial charge in [-0.3, -0.25) is 0 Å². The summed E-state index contributed by atoms with van der Waals surface area (Å²) in [6, 6.07) is 0. The highest BCUT2D eigenvalue weighted by molar-refractivity contribution is 4.89. The third-order valence-electron chi connectivity index (χ3n) is 1.84. The zero-order chi connectivity index (χ0) is 9.30. The molecule has 5 N–H and O–H groups in total. The van der Waals surface area contributed by atoms with E-state index >= 15 is 0 Å². The van der Waals surface area contributed by atoms with Crippen molar-refractivity contribution in [2.75, 3.05) is 6.61 Å². The van der Waals surface area contributed by atoms with Crippen LogP contribution in [-0.2, 0) is 4.74 Å². The molecule has 0 aromatic carbocycles. The van der Waals surface area contributed by atoms with Crippen molar-refractivity contribution in [3.05, 3.63) is 0 Å². The van der Waals surface area contributed by atoms with Crippen LogP contribution >= 0.6 is 0 Å². The van der Waals surface area contributed by atoms with E-state index in [1.807, 2.05) is 0 Å². The van der Waals surface area contributed by atoms with Gasteiger partial charge >= 0.3 is 0 Å². The third kappa shape index (κ3) is 1.58. The number of rotatable bonds is 2. The maximum absolute atomic E-state index is 9.12. The number of hydrogen-bond donors (Lipinski definition) is 5. The van der Waals surface area contributed by atoms with Crippen LogP contribution in [0.3, 0.4) is 0 Å². The Balaban J connectivity index is 2.58. The molecule has 1 unspecified atom stereocenters. The van der Waals surface area contributed by atoms with Crippen LogP contribution < -0.4 is 0 Å². The lowest BCUT2D eigenvalue weighted by atomic mass is 10.1. The maximum Gasteiger partial charge on any atom is 0.184 e. The van der Waals surface area contributed by atoms with E-state index in [1.165, 1.54) is 0 Å². The Morgan fingerprint density at radius 3 is 2.08 bits per heavy atom. The van der Waals surface area contributed by atoms with Gasteiger partial charge in [-0.05, 0) is 0 Å². The van der Waals surface area contributed by atoms with Crippen LogP contribution in [0.15, 0.2) is 0 Å². The lowest BCUT2D eigenvalue weighted by Crippen LogP contribution is -2.40. The minimum atomic E-state index is -1.51. The van der Waals surface area contributed by atoms with E-state index in [0.29, 0.717) is 0 Å². The van der Waals surface area contributed by atoms with Gasteiger partial charge in [-0.15, -0.1) is 0 Å². The fourth-order valence-electron chi connectivity index (χ4n) is 1.11. The van der Waals surface area contributed by atoms with Crippen molar-refractivity contribution < 1.29 is 30.3 Å². The highest BCUT2D eigenvalue weighted by atomic mass is 16.6. The first-order chi connectivity index (χ1) is 5.57. The quantitative estimate of drug-likeness (QED) is 0.306. The molecule has 0 aromatic heterocycles. The molecular weight excluding hydrogens is 168 g/mol. The van der Waals surface area contributed by atoms with Crippen molar-refractivity contribution in [2.45, 2.75) is 30.7 Å². The van der Waals surface area contributed by atoms with E-state index in [-0.39, 0.29) is 0 Å². The lowest BCUT2D eigenvalue weighted by Gasteiger charge is -2.18. The number of aliphatic hydroxyl groups excluding tert-OH is 5. The van der Waals surface area contributed by atoms with Gasteiger partial charge in [0.15, 0.2) is 6.29 Å². The molecule has 0 amide bonds. The Kier molecular flexibility index (Phi) is 2.99. The summed E-state index contributed by atoms with van der Waals surface area (Å²) < 4.78 is 4.58. The van der Waals surface area contributed by atoms with Crippen LogP contribution in [0.2, 0.25) is 0 Å². The Hall–Kier alpha value is -0.240. The normalized spacial score (nSPS) is 44.8. The van der Waals surface area contributed by atoms with E-state index in [0.717, 1.165) is 0 Å². The average molecular weight is 180 g/mol. The Morgan fingerprint density at radius 1 is 1.17 bits per heavy atom. The first-order valence-electron chi connectivity index (χ1n) is 3.56. The molecule has 0 spiro atoms. The molecule has 0 aromatic rings. The predicted molar refractivity (Wildman–Crippen MR) is 36.0 cm³/mol. The van der Waals surface area contributed by atoms with E-state index in [2.05, 4.69) is 4.74 Å². The minimum absolute atomic E-state index is 0.596.